The van der Waals surface area contributed by atoms with Crippen LogP contribution in [0.2, 0.25) is 0 Å². The molecule has 1 aliphatic rings. The lowest BCUT2D eigenvalue weighted by atomic mass is 9.89. The Labute approximate surface area is 126 Å². The van der Waals surface area contributed by atoms with E-state index in [4.69, 9.17) is 0 Å². The summed E-state index contributed by atoms with van der Waals surface area (Å²) in [6, 6.07) is 4.16. The number of carboxylic acids is 1. The van der Waals surface area contributed by atoms with Gasteiger partial charge < -0.3 is 10.0 Å². The molecule has 1 fully saturated rings. The van der Waals surface area contributed by atoms with Gasteiger partial charge in [0.25, 0.3) is 0 Å². The predicted octanol–water partition coefficient (Wildman–Crippen LogP) is 2.14. The molecule has 0 aliphatic carbocycles. The van der Waals surface area contributed by atoms with E-state index in [0.29, 0.717) is 23.1 Å². The van der Waals surface area contributed by atoms with E-state index in [1.54, 1.807) is 13.0 Å². The number of benzene rings is 1. The van der Waals surface area contributed by atoms with Crippen molar-refractivity contribution >= 4 is 21.9 Å². The zero-order chi connectivity index (χ0) is 14.9. The van der Waals surface area contributed by atoms with Gasteiger partial charge in [-0.25, -0.2) is 9.18 Å². The number of likely N-dealkylation sites (N-methyl/N-ethyl adjacent to an activating group) is 1. The lowest BCUT2D eigenvalue weighted by molar-refractivity contribution is -0.152. The summed E-state index contributed by atoms with van der Waals surface area (Å²) >= 11 is 3.29. The van der Waals surface area contributed by atoms with Crippen molar-refractivity contribution in [2.45, 2.75) is 12.5 Å². The second kappa shape index (κ2) is 5.79. The Kier molecular flexibility index (Phi) is 4.46. The highest BCUT2D eigenvalue weighted by Gasteiger charge is 2.43. The molecule has 1 unspecified atom stereocenters. The Balaban J connectivity index is 2.41. The van der Waals surface area contributed by atoms with Gasteiger partial charge >= 0.3 is 5.97 Å². The van der Waals surface area contributed by atoms with Crippen molar-refractivity contribution in [1.29, 1.82) is 0 Å². The molecule has 0 amide bonds. The molecule has 1 aromatic carbocycles. The van der Waals surface area contributed by atoms with Crippen LogP contribution in [0.3, 0.4) is 0 Å². The lowest BCUT2D eigenvalue weighted by Gasteiger charge is -2.43. The van der Waals surface area contributed by atoms with Crippen molar-refractivity contribution < 1.29 is 14.3 Å². The monoisotopic (exact) mass is 344 g/mol. The molecule has 0 spiro atoms. The molecular weight excluding hydrogens is 327 g/mol. The highest BCUT2D eigenvalue weighted by Crippen LogP contribution is 2.35. The molecular formula is C14H18BrFN2O2. The molecule has 0 aromatic heterocycles. The van der Waals surface area contributed by atoms with E-state index in [1.165, 1.54) is 12.1 Å². The van der Waals surface area contributed by atoms with Gasteiger partial charge in [-0.2, -0.15) is 0 Å². The Bertz CT molecular complexity index is 518. The smallest absolute Gasteiger partial charge is 0.328 e. The number of nitrogens with zero attached hydrogens (tertiary/aromatic N) is 2. The minimum atomic E-state index is -1.16. The maximum absolute atomic E-state index is 13.2. The Morgan fingerprint density at radius 2 is 1.95 bits per heavy atom. The third kappa shape index (κ3) is 2.73. The van der Waals surface area contributed by atoms with E-state index in [0.717, 1.165) is 13.1 Å². The molecule has 4 nitrogen and oxygen atoms in total. The summed E-state index contributed by atoms with van der Waals surface area (Å²) in [5, 5.41) is 9.73. The maximum atomic E-state index is 13.2. The predicted molar refractivity (Wildman–Crippen MR) is 78.2 cm³/mol. The average Bonchev–Trinajstić information content (AvgIpc) is 2.38. The van der Waals surface area contributed by atoms with Gasteiger partial charge in [-0.05, 0) is 31.7 Å². The molecule has 6 heteroatoms. The molecule has 1 N–H and O–H groups in total. The Hall–Kier alpha value is -0.980. The third-order valence-corrected chi connectivity index (χ3v) is 4.66. The van der Waals surface area contributed by atoms with E-state index in [1.807, 2.05) is 11.9 Å². The van der Waals surface area contributed by atoms with Crippen LogP contribution in [-0.4, -0.2) is 54.1 Å². The summed E-state index contributed by atoms with van der Waals surface area (Å²) in [7, 11) is 2.02. The van der Waals surface area contributed by atoms with Crippen LogP contribution in [0.15, 0.2) is 22.7 Å². The number of hydrogen-bond donors (Lipinski definition) is 1. The standard InChI is InChI=1S/C14H18BrFN2O2/c1-14(13(19)20,18-7-5-17(2)6-8-18)11-4-3-10(16)9-12(11)15/h3-4,9H,5-8H2,1-2H3,(H,19,20). The largest absolute Gasteiger partial charge is 0.480 e. The number of rotatable bonds is 3. The molecule has 0 saturated carbocycles. The van der Waals surface area contributed by atoms with Gasteiger partial charge in [0.05, 0.1) is 0 Å². The van der Waals surface area contributed by atoms with E-state index in [-0.39, 0.29) is 5.82 Å². The fraction of sp³-hybridized carbons (Fsp3) is 0.500. The SMILES string of the molecule is CN1CCN(C(C)(C(=O)O)c2ccc(F)cc2Br)CC1. The summed E-state index contributed by atoms with van der Waals surface area (Å²) in [4.78, 5) is 16.0. The van der Waals surface area contributed by atoms with Crippen molar-refractivity contribution in [2.24, 2.45) is 0 Å². The minimum Gasteiger partial charge on any atom is -0.480 e. The molecule has 2 rings (SSSR count). The summed E-state index contributed by atoms with van der Waals surface area (Å²) in [6.07, 6.45) is 0. The maximum Gasteiger partial charge on any atom is 0.328 e. The molecule has 20 heavy (non-hydrogen) atoms. The Morgan fingerprint density at radius 3 is 2.45 bits per heavy atom. The lowest BCUT2D eigenvalue weighted by Crippen LogP contribution is -2.57. The minimum absolute atomic E-state index is 0.383. The summed E-state index contributed by atoms with van der Waals surface area (Å²) in [6.45, 7) is 4.66. The summed E-state index contributed by atoms with van der Waals surface area (Å²) in [5.74, 6) is -1.30. The second-order valence-corrected chi connectivity index (χ2v) is 6.15. The molecule has 1 heterocycles. The molecule has 1 atom stereocenters. The molecule has 1 aromatic rings. The number of aliphatic carboxylic acids is 1. The van der Waals surface area contributed by atoms with Crippen molar-refractivity contribution in [3.63, 3.8) is 0 Å². The summed E-state index contributed by atoms with van der Waals surface area (Å²) in [5.41, 5.74) is -0.579. The normalized spacial score (nSPS) is 20.6. The number of halogens is 2. The first kappa shape index (κ1) is 15.4. The van der Waals surface area contributed by atoms with E-state index in [9.17, 15) is 14.3 Å². The van der Waals surface area contributed by atoms with Crippen LogP contribution in [-0.2, 0) is 10.3 Å². The van der Waals surface area contributed by atoms with Gasteiger partial charge in [0.1, 0.15) is 11.4 Å². The average molecular weight is 345 g/mol. The number of hydrogen-bond acceptors (Lipinski definition) is 3. The number of carboxylic acid groups (broad SMARTS) is 1. The van der Waals surface area contributed by atoms with Gasteiger partial charge in [0, 0.05) is 30.7 Å². The quantitative estimate of drug-likeness (QED) is 0.912. The van der Waals surface area contributed by atoms with Crippen LogP contribution in [0.1, 0.15) is 12.5 Å². The first-order chi connectivity index (χ1) is 9.35. The van der Waals surface area contributed by atoms with Crippen LogP contribution in [0.25, 0.3) is 0 Å². The van der Waals surface area contributed by atoms with Crippen LogP contribution in [0.5, 0.6) is 0 Å². The molecule has 0 radical (unpaired) electrons. The van der Waals surface area contributed by atoms with Gasteiger partial charge in [0.15, 0.2) is 0 Å². The van der Waals surface area contributed by atoms with Gasteiger partial charge in [-0.15, -0.1) is 0 Å². The van der Waals surface area contributed by atoms with Crippen molar-refractivity contribution in [1.82, 2.24) is 9.80 Å². The van der Waals surface area contributed by atoms with Gasteiger partial charge in [-0.1, -0.05) is 22.0 Å². The highest BCUT2D eigenvalue weighted by atomic mass is 79.9. The van der Waals surface area contributed by atoms with Crippen molar-refractivity contribution in [3.8, 4) is 0 Å². The van der Waals surface area contributed by atoms with Gasteiger partial charge in [-0.3, -0.25) is 4.90 Å². The van der Waals surface area contributed by atoms with Crippen LogP contribution >= 0.6 is 15.9 Å². The molecule has 1 saturated heterocycles. The van der Waals surface area contributed by atoms with Gasteiger partial charge in [0.2, 0.25) is 0 Å². The fourth-order valence-electron chi connectivity index (χ4n) is 2.56. The van der Waals surface area contributed by atoms with Crippen LogP contribution in [0, 0.1) is 5.82 Å². The number of piperazine rings is 1. The zero-order valence-electron chi connectivity index (χ0n) is 11.6. The summed E-state index contributed by atoms with van der Waals surface area (Å²) < 4.78 is 13.7. The Morgan fingerprint density at radius 1 is 1.35 bits per heavy atom. The van der Waals surface area contributed by atoms with E-state index in [2.05, 4.69) is 20.8 Å². The molecule has 110 valence electrons. The second-order valence-electron chi connectivity index (χ2n) is 5.29. The number of carbonyl (C=O) groups is 1. The van der Waals surface area contributed by atoms with Crippen molar-refractivity contribution in [3.05, 3.63) is 34.1 Å². The highest BCUT2D eigenvalue weighted by molar-refractivity contribution is 9.10. The third-order valence-electron chi connectivity index (χ3n) is 4.01. The van der Waals surface area contributed by atoms with Crippen LogP contribution < -0.4 is 0 Å². The first-order valence-electron chi connectivity index (χ1n) is 6.48. The molecule has 1 aliphatic heterocycles. The van der Waals surface area contributed by atoms with E-state index >= 15 is 0 Å². The van der Waals surface area contributed by atoms with Crippen LogP contribution in [0.4, 0.5) is 4.39 Å². The van der Waals surface area contributed by atoms with E-state index < -0.39 is 11.5 Å². The first-order valence-corrected chi connectivity index (χ1v) is 7.27. The van der Waals surface area contributed by atoms with Crippen molar-refractivity contribution in [2.75, 3.05) is 33.2 Å². The zero-order valence-corrected chi connectivity index (χ0v) is 13.2. The topological polar surface area (TPSA) is 43.8 Å². The fourth-order valence-corrected chi connectivity index (χ4v) is 3.30. The molecule has 0 bridgehead atoms.